The molecule has 0 bridgehead atoms. The molecule has 0 saturated carbocycles. The van der Waals surface area contributed by atoms with Crippen LogP contribution in [0.1, 0.15) is 27.2 Å². The van der Waals surface area contributed by atoms with E-state index in [1.165, 1.54) is 0 Å². The van der Waals surface area contributed by atoms with Crippen molar-refractivity contribution in [3.05, 3.63) is 0 Å². The molecule has 0 radical (unpaired) electrons. The fraction of sp³-hybridized carbons (Fsp3) is 1.00. The molecule has 1 saturated heterocycles. The zero-order valence-corrected chi connectivity index (χ0v) is 8.04. The Morgan fingerprint density at radius 1 is 1.42 bits per heavy atom. The largest absolute Gasteiger partial charge is 0.395 e. The Morgan fingerprint density at radius 3 is 2.25 bits per heavy atom. The van der Waals surface area contributed by atoms with Crippen LogP contribution >= 0.6 is 0 Å². The highest BCUT2D eigenvalue weighted by Crippen LogP contribution is 2.28. The molecule has 1 aliphatic rings. The van der Waals surface area contributed by atoms with Crippen LogP contribution < -0.4 is 5.32 Å². The van der Waals surface area contributed by atoms with Crippen LogP contribution in [0, 0.1) is 5.41 Å². The van der Waals surface area contributed by atoms with Gasteiger partial charge in [-0.05, 0) is 11.8 Å². The predicted molar refractivity (Wildman–Crippen MR) is 47.9 cm³/mol. The van der Waals surface area contributed by atoms with E-state index in [0.29, 0.717) is 6.42 Å². The summed E-state index contributed by atoms with van der Waals surface area (Å²) in [5, 5.41) is 21.8. The van der Waals surface area contributed by atoms with Crippen LogP contribution in [0.4, 0.5) is 0 Å². The molecule has 1 rings (SSSR count). The van der Waals surface area contributed by atoms with E-state index in [0.717, 1.165) is 0 Å². The molecule has 3 atom stereocenters. The molecular formula is C9H19NO2. The van der Waals surface area contributed by atoms with Crippen molar-refractivity contribution in [3.63, 3.8) is 0 Å². The highest BCUT2D eigenvalue weighted by atomic mass is 16.3. The summed E-state index contributed by atoms with van der Waals surface area (Å²) in [6.45, 7) is 6.39. The van der Waals surface area contributed by atoms with Crippen molar-refractivity contribution < 1.29 is 10.2 Å². The van der Waals surface area contributed by atoms with Gasteiger partial charge in [0, 0.05) is 12.1 Å². The van der Waals surface area contributed by atoms with E-state index in [-0.39, 0.29) is 30.2 Å². The Balaban J connectivity index is 2.58. The monoisotopic (exact) mass is 173 g/mol. The van der Waals surface area contributed by atoms with Crippen molar-refractivity contribution in [1.82, 2.24) is 5.32 Å². The summed E-state index contributed by atoms with van der Waals surface area (Å²) in [4.78, 5) is 0. The molecule has 0 aliphatic carbocycles. The van der Waals surface area contributed by atoms with Crippen LogP contribution in [0.25, 0.3) is 0 Å². The lowest BCUT2D eigenvalue weighted by atomic mass is 9.84. The summed E-state index contributed by atoms with van der Waals surface area (Å²) in [5.41, 5.74) is 0.0589. The van der Waals surface area contributed by atoms with Crippen molar-refractivity contribution in [2.75, 3.05) is 6.61 Å². The predicted octanol–water partition coefficient (Wildman–Crippen LogP) is 0.116. The maximum absolute atomic E-state index is 9.65. The summed E-state index contributed by atoms with van der Waals surface area (Å²) in [6.07, 6.45) is 0.348. The van der Waals surface area contributed by atoms with Gasteiger partial charge in [-0.25, -0.2) is 0 Å². The zero-order valence-electron chi connectivity index (χ0n) is 8.04. The van der Waals surface area contributed by atoms with E-state index >= 15 is 0 Å². The fourth-order valence-electron chi connectivity index (χ4n) is 1.82. The molecule has 0 amide bonds. The lowest BCUT2D eigenvalue weighted by Crippen LogP contribution is -2.44. The number of nitrogens with one attached hydrogen (secondary N) is 1. The highest BCUT2D eigenvalue weighted by Gasteiger charge is 2.38. The second-order valence-corrected chi connectivity index (χ2v) is 4.69. The summed E-state index contributed by atoms with van der Waals surface area (Å²) >= 11 is 0. The van der Waals surface area contributed by atoms with Crippen molar-refractivity contribution in [3.8, 4) is 0 Å². The summed E-state index contributed by atoms with van der Waals surface area (Å²) < 4.78 is 0. The standard InChI is InChI=1S/C9H19NO2/c1-9(2,3)8-7(12)4-6(5-11)10-8/h6-8,10-12H,4-5H2,1-3H3/t6-,7+,8+/m0/s1. The molecule has 0 aromatic heterocycles. The first kappa shape index (κ1) is 9.96. The van der Waals surface area contributed by atoms with Gasteiger partial charge in [0.1, 0.15) is 0 Å². The molecule has 1 heterocycles. The van der Waals surface area contributed by atoms with E-state index in [4.69, 9.17) is 5.11 Å². The Kier molecular flexibility index (Phi) is 2.76. The minimum atomic E-state index is -0.317. The summed E-state index contributed by atoms with van der Waals surface area (Å²) in [5.74, 6) is 0. The van der Waals surface area contributed by atoms with Crippen LogP contribution in [0.15, 0.2) is 0 Å². The van der Waals surface area contributed by atoms with Gasteiger partial charge in [0.05, 0.1) is 12.7 Å². The molecule has 3 nitrogen and oxygen atoms in total. The molecule has 12 heavy (non-hydrogen) atoms. The Bertz CT molecular complexity index is 153. The minimum absolute atomic E-state index is 0.0589. The van der Waals surface area contributed by atoms with Crippen LogP contribution in [0.3, 0.4) is 0 Å². The molecule has 1 fully saturated rings. The van der Waals surface area contributed by atoms with E-state index in [1.807, 2.05) is 0 Å². The molecule has 72 valence electrons. The van der Waals surface area contributed by atoms with Crippen molar-refractivity contribution in [2.45, 2.75) is 45.4 Å². The first-order chi connectivity index (χ1) is 5.45. The second kappa shape index (κ2) is 3.32. The van der Waals surface area contributed by atoms with E-state index in [2.05, 4.69) is 26.1 Å². The van der Waals surface area contributed by atoms with Gasteiger partial charge < -0.3 is 15.5 Å². The number of hydrogen-bond acceptors (Lipinski definition) is 3. The fourth-order valence-corrected chi connectivity index (χ4v) is 1.82. The van der Waals surface area contributed by atoms with Gasteiger partial charge >= 0.3 is 0 Å². The van der Waals surface area contributed by atoms with Gasteiger partial charge in [0.25, 0.3) is 0 Å². The third kappa shape index (κ3) is 1.97. The van der Waals surface area contributed by atoms with Crippen LogP contribution in [0.2, 0.25) is 0 Å². The van der Waals surface area contributed by atoms with Crippen LogP contribution in [0.5, 0.6) is 0 Å². The smallest absolute Gasteiger partial charge is 0.0714 e. The maximum atomic E-state index is 9.65. The Labute approximate surface area is 73.8 Å². The quantitative estimate of drug-likeness (QED) is 0.528. The van der Waals surface area contributed by atoms with Gasteiger partial charge in [-0.2, -0.15) is 0 Å². The van der Waals surface area contributed by atoms with E-state index in [1.54, 1.807) is 0 Å². The third-order valence-corrected chi connectivity index (χ3v) is 2.48. The first-order valence-electron chi connectivity index (χ1n) is 4.50. The normalized spacial score (nSPS) is 37.2. The lowest BCUT2D eigenvalue weighted by Gasteiger charge is -2.30. The van der Waals surface area contributed by atoms with Crippen molar-refractivity contribution in [1.29, 1.82) is 0 Å². The van der Waals surface area contributed by atoms with Crippen molar-refractivity contribution in [2.24, 2.45) is 5.41 Å². The topological polar surface area (TPSA) is 52.5 Å². The average Bonchev–Trinajstić information content (AvgIpc) is 2.29. The van der Waals surface area contributed by atoms with E-state index < -0.39 is 0 Å². The van der Waals surface area contributed by atoms with Gasteiger partial charge in [-0.15, -0.1) is 0 Å². The minimum Gasteiger partial charge on any atom is -0.395 e. The van der Waals surface area contributed by atoms with E-state index in [9.17, 15) is 5.11 Å². The summed E-state index contributed by atoms with van der Waals surface area (Å²) in [7, 11) is 0. The van der Waals surface area contributed by atoms with Crippen molar-refractivity contribution >= 4 is 0 Å². The summed E-state index contributed by atoms with van der Waals surface area (Å²) in [6, 6.07) is 0.180. The average molecular weight is 173 g/mol. The second-order valence-electron chi connectivity index (χ2n) is 4.69. The zero-order chi connectivity index (χ0) is 9.35. The van der Waals surface area contributed by atoms with Crippen LogP contribution in [-0.2, 0) is 0 Å². The molecular weight excluding hydrogens is 154 g/mol. The molecule has 0 aromatic rings. The molecule has 0 spiro atoms. The highest BCUT2D eigenvalue weighted by molar-refractivity contribution is 4.96. The number of aliphatic hydroxyl groups is 2. The number of aliphatic hydroxyl groups excluding tert-OH is 2. The first-order valence-corrected chi connectivity index (χ1v) is 4.50. The Hall–Kier alpha value is -0.120. The molecule has 3 heteroatoms. The van der Waals surface area contributed by atoms with Gasteiger partial charge in [0.15, 0.2) is 0 Å². The lowest BCUT2D eigenvalue weighted by molar-refractivity contribution is 0.105. The molecule has 0 unspecified atom stereocenters. The SMILES string of the molecule is CC(C)(C)[C@@H]1N[C@H](CO)C[C@H]1O. The van der Waals surface area contributed by atoms with Gasteiger partial charge in [-0.3, -0.25) is 0 Å². The number of rotatable bonds is 1. The maximum Gasteiger partial charge on any atom is 0.0714 e. The third-order valence-electron chi connectivity index (χ3n) is 2.48. The Morgan fingerprint density at radius 2 is 2.00 bits per heavy atom. The van der Waals surface area contributed by atoms with Crippen LogP contribution in [-0.4, -0.2) is 35.0 Å². The molecule has 1 aliphatic heterocycles. The van der Waals surface area contributed by atoms with Gasteiger partial charge in [0.2, 0.25) is 0 Å². The molecule has 0 aromatic carbocycles. The van der Waals surface area contributed by atoms with Gasteiger partial charge in [-0.1, -0.05) is 20.8 Å². The number of hydrogen-bond donors (Lipinski definition) is 3. The molecule has 3 N–H and O–H groups in total.